The predicted octanol–water partition coefficient (Wildman–Crippen LogP) is 5.40. The number of rotatable bonds is 5. The number of nitrogens with zero attached hydrogens (tertiary/aromatic N) is 2. The minimum absolute atomic E-state index is 0.129. The first kappa shape index (κ1) is 18.4. The molecular formula is C21H22BrN3O. The van der Waals surface area contributed by atoms with Gasteiger partial charge in [0.15, 0.2) is 0 Å². The molecule has 26 heavy (non-hydrogen) atoms. The Morgan fingerprint density at radius 3 is 2.58 bits per heavy atom. The van der Waals surface area contributed by atoms with E-state index < -0.39 is 0 Å². The van der Waals surface area contributed by atoms with Crippen molar-refractivity contribution >= 4 is 44.2 Å². The lowest BCUT2D eigenvalue weighted by atomic mass is 10.1. The molecule has 0 fully saturated rings. The van der Waals surface area contributed by atoms with E-state index in [0.29, 0.717) is 5.56 Å². The fourth-order valence-corrected chi connectivity index (χ4v) is 3.40. The van der Waals surface area contributed by atoms with Crippen LogP contribution in [0.25, 0.3) is 10.9 Å². The van der Waals surface area contributed by atoms with Crippen molar-refractivity contribution in [1.29, 1.82) is 0 Å². The number of carbonyl (C=O) groups is 1. The molecule has 0 bridgehead atoms. The highest BCUT2D eigenvalue weighted by Gasteiger charge is 2.10. The number of aryl methyl sites for hydroxylation is 1. The summed E-state index contributed by atoms with van der Waals surface area (Å²) in [4.78, 5) is 19.5. The van der Waals surface area contributed by atoms with Crippen LogP contribution in [0.1, 0.15) is 29.8 Å². The zero-order chi connectivity index (χ0) is 18.7. The van der Waals surface area contributed by atoms with Crippen molar-refractivity contribution in [3.05, 3.63) is 64.1 Å². The zero-order valence-corrected chi connectivity index (χ0v) is 16.8. The second-order valence-corrected chi connectivity index (χ2v) is 7.08. The van der Waals surface area contributed by atoms with E-state index in [1.54, 1.807) is 12.1 Å². The molecular weight excluding hydrogens is 390 g/mol. The van der Waals surface area contributed by atoms with Crippen molar-refractivity contribution < 1.29 is 4.79 Å². The maximum Gasteiger partial charge on any atom is 0.255 e. The van der Waals surface area contributed by atoms with Crippen LogP contribution in [-0.2, 0) is 0 Å². The lowest BCUT2D eigenvalue weighted by Crippen LogP contribution is -2.23. The fraction of sp³-hybridized carbons (Fsp3) is 0.238. The number of fused-ring (bicyclic) bond motifs is 1. The summed E-state index contributed by atoms with van der Waals surface area (Å²) in [6.07, 6.45) is 0. The summed E-state index contributed by atoms with van der Waals surface area (Å²) in [5, 5.41) is 4.02. The highest BCUT2D eigenvalue weighted by atomic mass is 79.9. The van der Waals surface area contributed by atoms with Gasteiger partial charge in [-0.25, -0.2) is 4.98 Å². The van der Waals surface area contributed by atoms with Gasteiger partial charge >= 0.3 is 0 Å². The second-order valence-electron chi connectivity index (χ2n) is 6.17. The first-order valence-electron chi connectivity index (χ1n) is 8.75. The van der Waals surface area contributed by atoms with E-state index in [1.165, 1.54) is 0 Å². The average Bonchev–Trinajstić information content (AvgIpc) is 2.63. The molecule has 0 spiro atoms. The Hall–Kier alpha value is -2.40. The van der Waals surface area contributed by atoms with Crippen molar-refractivity contribution in [3.63, 3.8) is 0 Å². The number of hydrogen-bond donors (Lipinski definition) is 1. The highest BCUT2D eigenvalue weighted by molar-refractivity contribution is 9.10. The van der Waals surface area contributed by atoms with E-state index in [4.69, 9.17) is 4.98 Å². The number of nitrogens with one attached hydrogen (secondary N) is 1. The molecule has 0 aliphatic rings. The topological polar surface area (TPSA) is 45.2 Å². The quantitative estimate of drug-likeness (QED) is 0.610. The zero-order valence-electron chi connectivity index (χ0n) is 15.2. The Bertz CT molecular complexity index is 951. The number of aromatic nitrogens is 1. The largest absolute Gasteiger partial charge is 0.357 e. The number of amides is 1. The third-order valence-electron chi connectivity index (χ3n) is 4.43. The third kappa shape index (κ3) is 3.88. The van der Waals surface area contributed by atoms with Gasteiger partial charge in [0.1, 0.15) is 5.82 Å². The summed E-state index contributed by atoms with van der Waals surface area (Å²) in [5.74, 6) is 0.863. The van der Waals surface area contributed by atoms with Crippen molar-refractivity contribution in [2.75, 3.05) is 23.3 Å². The molecule has 0 saturated heterocycles. The first-order valence-corrected chi connectivity index (χ1v) is 9.54. The molecule has 0 saturated carbocycles. The number of hydrogen-bond acceptors (Lipinski definition) is 3. The smallest absolute Gasteiger partial charge is 0.255 e. The monoisotopic (exact) mass is 411 g/mol. The van der Waals surface area contributed by atoms with E-state index in [1.807, 2.05) is 30.3 Å². The summed E-state index contributed by atoms with van der Waals surface area (Å²) in [6.45, 7) is 8.19. The molecule has 3 aromatic rings. The van der Waals surface area contributed by atoms with Crippen LogP contribution in [0.2, 0.25) is 0 Å². The van der Waals surface area contributed by atoms with Gasteiger partial charge in [0.25, 0.3) is 5.91 Å². The van der Waals surface area contributed by atoms with Crippen LogP contribution in [-0.4, -0.2) is 24.0 Å². The van der Waals surface area contributed by atoms with Crippen molar-refractivity contribution in [3.8, 4) is 0 Å². The minimum Gasteiger partial charge on any atom is -0.357 e. The minimum atomic E-state index is -0.129. The highest BCUT2D eigenvalue weighted by Crippen LogP contribution is 2.25. The van der Waals surface area contributed by atoms with Gasteiger partial charge in [-0.2, -0.15) is 0 Å². The number of halogens is 1. The van der Waals surface area contributed by atoms with Gasteiger partial charge < -0.3 is 10.2 Å². The molecule has 0 aliphatic heterocycles. The molecule has 134 valence electrons. The molecule has 1 N–H and O–H groups in total. The molecule has 1 amide bonds. The Labute approximate surface area is 162 Å². The van der Waals surface area contributed by atoms with Crippen LogP contribution in [0.4, 0.5) is 11.5 Å². The molecule has 0 aliphatic carbocycles. The number of benzene rings is 2. The van der Waals surface area contributed by atoms with Gasteiger partial charge in [-0.15, -0.1) is 0 Å². The number of pyridine rings is 1. The van der Waals surface area contributed by atoms with Crippen LogP contribution >= 0.6 is 15.9 Å². The Balaban J connectivity index is 1.91. The van der Waals surface area contributed by atoms with Gasteiger partial charge in [0.2, 0.25) is 0 Å². The summed E-state index contributed by atoms with van der Waals surface area (Å²) in [5.41, 5.74) is 3.47. The summed E-state index contributed by atoms with van der Waals surface area (Å²) in [7, 11) is 0. The van der Waals surface area contributed by atoms with Gasteiger partial charge in [0, 0.05) is 34.2 Å². The van der Waals surface area contributed by atoms with Crippen molar-refractivity contribution in [1.82, 2.24) is 4.98 Å². The first-order chi connectivity index (χ1) is 12.5. The molecule has 0 unspecified atom stereocenters. The van der Waals surface area contributed by atoms with E-state index in [-0.39, 0.29) is 5.91 Å². The van der Waals surface area contributed by atoms with Crippen LogP contribution < -0.4 is 10.2 Å². The normalized spacial score (nSPS) is 10.8. The third-order valence-corrected chi connectivity index (χ3v) is 4.93. The Kier molecular flexibility index (Phi) is 5.57. The lowest BCUT2D eigenvalue weighted by molar-refractivity contribution is 0.102. The van der Waals surface area contributed by atoms with E-state index >= 15 is 0 Å². The molecule has 2 aromatic carbocycles. The Morgan fingerprint density at radius 1 is 1.12 bits per heavy atom. The summed E-state index contributed by atoms with van der Waals surface area (Å²) >= 11 is 3.40. The molecule has 1 heterocycles. The Morgan fingerprint density at radius 2 is 1.88 bits per heavy atom. The fourth-order valence-electron chi connectivity index (χ4n) is 3.00. The SMILES string of the molecule is CCN(CC)c1cc(C)c2cc(NC(=O)c3cccc(Br)c3)ccc2n1. The van der Waals surface area contributed by atoms with Crippen LogP contribution in [0.15, 0.2) is 53.0 Å². The molecule has 4 nitrogen and oxygen atoms in total. The molecule has 5 heteroatoms. The maximum atomic E-state index is 12.5. The molecule has 1 aromatic heterocycles. The van der Waals surface area contributed by atoms with Crippen LogP contribution in [0.3, 0.4) is 0 Å². The van der Waals surface area contributed by atoms with E-state index in [0.717, 1.165) is 45.5 Å². The van der Waals surface area contributed by atoms with Crippen molar-refractivity contribution in [2.24, 2.45) is 0 Å². The van der Waals surface area contributed by atoms with Crippen molar-refractivity contribution in [2.45, 2.75) is 20.8 Å². The van der Waals surface area contributed by atoms with Gasteiger partial charge in [-0.1, -0.05) is 22.0 Å². The summed E-state index contributed by atoms with van der Waals surface area (Å²) < 4.78 is 0.882. The molecule has 3 rings (SSSR count). The van der Waals surface area contributed by atoms with Crippen LogP contribution in [0.5, 0.6) is 0 Å². The average molecular weight is 412 g/mol. The number of carbonyl (C=O) groups excluding carboxylic acids is 1. The molecule has 0 atom stereocenters. The second kappa shape index (κ2) is 7.87. The van der Waals surface area contributed by atoms with Gasteiger partial charge in [-0.05, 0) is 68.8 Å². The molecule has 0 radical (unpaired) electrons. The summed E-state index contributed by atoms with van der Waals surface area (Å²) in [6, 6.07) is 15.3. The maximum absolute atomic E-state index is 12.5. The van der Waals surface area contributed by atoms with E-state index in [9.17, 15) is 4.79 Å². The van der Waals surface area contributed by atoms with E-state index in [2.05, 4.69) is 53.0 Å². The van der Waals surface area contributed by atoms with Gasteiger partial charge in [0.05, 0.1) is 5.52 Å². The van der Waals surface area contributed by atoms with Crippen LogP contribution in [0, 0.1) is 6.92 Å². The van der Waals surface area contributed by atoms with Gasteiger partial charge in [-0.3, -0.25) is 4.79 Å². The lowest BCUT2D eigenvalue weighted by Gasteiger charge is -2.21. The standard InChI is InChI=1S/C21H22BrN3O/c1-4-25(5-2)20-11-14(3)18-13-17(9-10-19(18)24-20)23-21(26)15-7-6-8-16(22)12-15/h6-13H,4-5H2,1-3H3,(H,23,26). The number of anilines is 2. The predicted molar refractivity (Wildman–Crippen MR) is 112 cm³/mol.